The third kappa shape index (κ3) is 4.61. The number of hydrogen-bond donors (Lipinski definition) is 1. The molecule has 4 rings (SSSR count). The number of benzene rings is 1. The second-order valence-corrected chi connectivity index (χ2v) is 8.03. The van der Waals surface area contributed by atoms with Gasteiger partial charge in [0.15, 0.2) is 18.1 Å². The fourth-order valence-electron chi connectivity index (χ4n) is 3.89. The van der Waals surface area contributed by atoms with Gasteiger partial charge in [0.05, 0.1) is 16.8 Å². The summed E-state index contributed by atoms with van der Waals surface area (Å²) in [5.74, 6) is -0.668. The van der Waals surface area contributed by atoms with Gasteiger partial charge >= 0.3 is 5.97 Å². The Morgan fingerprint density at radius 2 is 2.03 bits per heavy atom. The largest absolute Gasteiger partial charge is 0.451 e. The smallest absolute Gasteiger partial charge is 0.359 e. The zero-order chi connectivity index (χ0) is 22.0. The predicted octanol–water partition coefficient (Wildman–Crippen LogP) is 3.89. The summed E-state index contributed by atoms with van der Waals surface area (Å²) in [5.41, 5.74) is 4.02. The lowest BCUT2D eigenvalue weighted by atomic mass is 9.88. The van der Waals surface area contributed by atoms with E-state index in [9.17, 15) is 9.59 Å². The summed E-state index contributed by atoms with van der Waals surface area (Å²) in [7, 11) is 0. The number of halogens is 1. The Kier molecular flexibility index (Phi) is 6.04. The number of carbonyl (C=O) groups excluding carboxylic acids is 2. The Balaban J connectivity index is 1.42. The molecule has 1 unspecified atom stereocenters. The Morgan fingerprint density at radius 3 is 2.81 bits per heavy atom. The van der Waals surface area contributed by atoms with Gasteiger partial charge in [-0.25, -0.2) is 14.5 Å². The van der Waals surface area contributed by atoms with Crippen molar-refractivity contribution in [1.29, 1.82) is 0 Å². The molecule has 0 saturated carbocycles. The lowest BCUT2D eigenvalue weighted by Crippen LogP contribution is -2.34. The Hall–Kier alpha value is -3.19. The minimum Gasteiger partial charge on any atom is -0.451 e. The molecule has 0 aliphatic heterocycles. The number of rotatable bonds is 5. The van der Waals surface area contributed by atoms with E-state index in [1.807, 2.05) is 38.1 Å². The van der Waals surface area contributed by atoms with Crippen LogP contribution >= 0.6 is 11.6 Å². The third-order valence-electron chi connectivity index (χ3n) is 5.29. The van der Waals surface area contributed by atoms with Gasteiger partial charge in [-0.1, -0.05) is 35.9 Å². The van der Waals surface area contributed by atoms with E-state index in [1.54, 1.807) is 16.8 Å². The van der Waals surface area contributed by atoms with Crippen LogP contribution in [0.15, 0.2) is 42.5 Å². The molecule has 2 aromatic heterocycles. The van der Waals surface area contributed by atoms with Crippen molar-refractivity contribution in [3.63, 3.8) is 0 Å². The topological polar surface area (TPSA) is 86.1 Å². The molecule has 1 amide bonds. The van der Waals surface area contributed by atoms with Crippen LogP contribution in [0.1, 0.15) is 51.9 Å². The van der Waals surface area contributed by atoms with Crippen molar-refractivity contribution < 1.29 is 14.3 Å². The molecule has 160 valence electrons. The van der Waals surface area contributed by atoms with E-state index >= 15 is 0 Å². The van der Waals surface area contributed by atoms with E-state index in [0.29, 0.717) is 5.82 Å². The first-order valence-electron chi connectivity index (χ1n) is 10.2. The molecule has 1 atom stereocenters. The number of carbonyl (C=O) groups is 2. The number of hydrogen-bond acceptors (Lipinski definition) is 5. The maximum atomic E-state index is 12.6. The standard InChI is InChI=1S/C23H23ClN4O3/c1-14-12-15(2)28(27-14)20-11-10-18(24)22(26-20)23(30)31-13-21(29)25-19-9-5-7-16-6-3-4-8-17(16)19/h3-4,6,8,10-12,19H,5,7,9,13H2,1-2H3,(H,25,29). The first-order valence-corrected chi connectivity index (χ1v) is 10.5. The van der Waals surface area contributed by atoms with Gasteiger partial charge in [0.25, 0.3) is 5.91 Å². The predicted molar refractivity (Wildman–Crippen MR) is 116 cm³/mol. The van der Waals surface area contributed by atoms with Gasteiger partial charge in [0.1, 0.15) is 0 Å². The molecular formula is C23H23ClN4O3. The zero-order valence-corrected chi connectivity index (χ0v) is 18.1. The summed E-state index contributed by atoms with van der Waals surface area (Å²) in [4.78, 5) is 29.3. The Labute approximate surface area is 185 Å². The summed E-state index contributed by atoms with van der Waals surface area (Å²) < 4.78 is 6.82. The van der Waals surface area contributed by atoms with Gasteiger partial charge in [0.2, 0.25) is 0 Å². The van der Waals surface area contributed by atoms with Crippen LogP contribution in [-0.4, -0.2) is 33.2 Å². The van der Waals surface area contributed by atoms with Crippen molar-refractivity contribution in [1.82, 2.24) is 20.1 Å². The van der Waals surface area contributed by atoms with Crippen molar-refractivity contribution in [2.45, 2.75) is 39.2 Å². The number of aromatic nitrogens is 3. The molecule has 1 N–H and O–H groups in total. The van der Waals surface area contributed by atoms with E-state index in [4.69, 9.17) is 16.3 Å². The number of esters is 1. The second kappa shape index (κ2) is 8.89. The lowest BCUT2D eigenvalue weighted by Gasteiger charge is -2.26. The highest BCUT2D eigenvalue weighted by Crippen LogP contribution is 2.29. The van der Waals surface area contributed by atoms with Crippen molar-refractivity contribution in [3.05, 3.63) is 75.7 Å². The van der Waals surface area contributed by atoms with Crippen molar-refractivity contribution in [2.75, 3.05) is 6.61 Å². The van der Waals surface area contributed by atoms with Gasteiger partial charge in [-0.2, -0.15) is 5.10 Å². The van der Waals surface area contributed by atoms with Crippen molar-refractivity contribution in [2.24, 2.45) is 0 Å². The summed E-state index contributed by atoms with van der Waals surface area (Å²) in [6, 6.07) is 13.1. The number of amides is 1. The van der Waals surface area contributed by atoms with Crippen LogP contribution in [0.2, 0.25) is 5.02 Å². The van der Waals surface area contributed by atoms with Crippen LogP contribution in [0, 0.1) is 13.8 Å². The summed E-state index contributed by atoms with van der Waals surface area (Å²) >= 11 is 6.16. The molecule has 1 aromatic carbocycles. The number of ether oxygens (including phenoxy) is 1. The van der Waals surface area contributed by atoms with Crippen LogP contribution in [0.5, 0.6) is 0 Å². The second-order valence-electron chi connectivity index (χ2n) is 7.63. The van der Waals surface area contributed by atoms with Crippen molar-refractivity contribution in [3.8, 4) is 5.82 Å². The summed E-state index contributed by atoms with van der Waals surface area (Å²) in [5, 5.41) is 7.47. The number of fused-ring (bicyclic) bond motifs is 1. The van der Waals surface area contributed by atoms with Crippen LogP contribution < -0.4 is 5.32 Å². The highest BCUT2D eigenvalue weighted by Gasteiger charge is 2.23. The normalized spacial score (nSPS) is 15.3. The zero-order valence-electron chi connectivity index (χ0n) is 17.4. The van der Waals surface area contributed by atoms with Crippen LogP contribution in [0.4, 0.5) is 0 Å². The van der Waals surface area contributed by atoms with E-state index < -0.39 is 12.6 Å². The molecular weight excluding hydrogens is 416 g/mol. The minimum atomic E-state index is -0.757. The number of pyridine rings is 1. The van der Waals surface area contributed by atoms with Gasteiger partial charge in [-0.05, 0) is 62.4 Å². The van der Waals surface area contributed by atoms with Crippen molar-refractivity contribution >= 4 is 23.5 Å². The fourth-order valence-corrected chi connectivity index (χ4v) is 4.08. The van der Waals surface area contributed by atoms with Crippen LogP contribution in [-0.2, 0) is 16.0 Å². The number of nitrogens with one attached hydrogen (secondary N) is 1. The quantitative estimate of drug-likeness (QED) is 0.611. The SMILES string of the molecule is Cc1cc(C)n(-c2ccc(Cl)c(C(=O)OCC(=O)NC3CCCc4ccccc43)n2)n1. The lowest BCUT2D eigenvalue weighted by molar-refractivity contribution is -0.125. The fraction of sp³-hybridized carbons (Fsp3) is 0.304. The molecule has 3 aromatic rings. The van der Waals surface area contributed by atoms with Crippen LogP contribution in [0.25, 0.3) is 5.82 Å². The van der Waals surface area contributed by atoms with E-state index in [-0.39, 0.29) is 22.7 Å². The Morgan fingerprint density at radius 1 is 1.23 bits per heavy atom. The minimum absolute atomic E-state index is 0.0532. The summed E-state index contributed by atoms with van der Waals surface area (Å²) in [6.07, 6.45) is 2.86. The monoisotopic (exact) mass is 438 g/mol. The Bertz CT molecular complexity index is 1140. The van der Waals surface area contributed by atoms with Gasteiger partial charge in [-0.15, -0.1) is 0 Å². The molecule has 8 heteroatoms. The number of nitrogens with zero attached hydrogens (tertiary/aromatic N) is 3. The molecule has 0 radical (unpaired) electrons. The molecule has 31 heavy (non-hydrogen) atoms. The third-order valence-corrected chi connectivity index (χ3v) is 5.60. The molecule has 1 aliphatic rings. The molecule has 7 nitrogen and oxygen atoms in total. The molecule has 0 bridgehead atoms. The highest BCUT2D eigenvalue weighted by atomic mass is 35.5. The van der Waals surface area contributed by atoms with E-state index in [1.165, 1.54) is 5.56 Å². The first-order chi connectivity index (χ1) is 14.9. The van der Waals surface area contributed by atoms with E-state index in [0.717, 1.165) is 36.2 Å². The highest BCUT2D eigenvalue weighted by molar-refractivity contribution is 6.33. The first kappa shape index (κ1) is 21.1. The average Bonchev–Trinajstić information content (AvgIpc) is 3.10. The van der Waals surface area contributed by atoms with Crippen LogP contribution in [0.3, 0.4) is 0 Å². The molecule has 1 aliphatic carbocycles. The summed E-state index contributed by atoms with van der Waals surface area (Å²) in [6.45, 7) is 3.36. The maximum Gasteiger partial charge on any atom is 0.359 e. The number of aryl methyl sites for hydroxylation is 3. The van der Waals surface area contributed by atoms with E-state index in [2.05, 4.69) is 21.5 Å². The molecule has 2 heterocycles. The van der Waals surface area contributed by atoms with Gasteiger partial charge < -0.3 is 10.1 Å². The van der Waals surface area contributed by atoms with Gasteiger partial charge in [-0.3, -0.25) is 4.79 Å². The maximum absolute atomic E-state index is 12.6. The average molecular weight is 439 g/mol. The van der Waals surface area contributed by atoms with Gasteiger partial charge in [0, 0.05) is 5.69 Å². The molecule has 0 spiro atoms. The molecule has 0 fully saturated rings. The molecule has 0 saturated heterocycles.